The lowest BCUT2D eigenvalue weighted by Crippen LogP contribution is -2.20. The van der Waals surface area contributed by atoms with Crippen LogP contribution in [-0.4, -0.2) is 23.9 Å². The summed E-state index contributed by atoms with van der Waals surface area (Å²) in [5.41, 5.74) is 3.98. The number of carbonyl (C=O) groups is 1. The fourth-order valence-electron chi connectivity index (χ4n) is 3.86. The van der Waals surface area contributed by atoms with E-state index in [4.69, 9.17) is 4.98 Å². The van der Waals surface area contributed by atoms with Crippen molar-refractivity contribution < 1.29 is 4.79 Å². The molecule has 4 rings (SSSR count). The van der Waals surface area contributed by atoms with Crippen molar-refractivity contribution in [2.75, 3.05) is 18.0 Å². The molecule has 142 valence electrons. The topological polar surface area (TPSA) is 33.2 Å². The number of carbonyl (C=O) groups excluding carboxylic acids is 1. The van der Waals surface area contributed by atoms with Gasteiger partial charge in [-0.25, -0.2) is 4.98 Å². The molecule has 0 amide bonds. The molecular formula is C25H26N2O. The number of hydrogen-bond acceptors (Lipinski definition) is 3. The maximum absolute atomic E-state index is 12.7. The van der Waals surface area contributed by atoms with Crippen LogP contribution in [0.5, 0.6) is 0 Å². The summed E-state index contributed by atoms with van der Waals surface area (Å²) in [5, 5.41) is 1.10. The maximum atomic E-state index is 12.7. The highest BCUT2D eigenvalue weighted by molar-refractivity contribution is 6.07. The zero-order valence-corrected chi connectivity index (χ0v) is 16.4. The van der Waals surface area contributed by atoms with Crippen LogP contribution >= 0.6 is 0 Å². The number of ketones is 1. The van der Waals surface area contributed by atoms with Gasteiger partial charge >= 0.3 is 0 Å². The van der Waals surface area contributed by atoms with Crippen LogP contribution in [0.3, 0.4) is 0 Å². The van der Waals surface area contributed by atoms with Crippen molar-refractivity contribution in [3.8, 4) is 0 Å². The summed E-state index contributed by atoms with van der Waals surface area (Å²) in [6, 6.07) is 18.3. The molecule has 0 radical (unpaired) electrons. The van der Waals surface area contributed by atoms with Crippen LogP contribution in [0.2, 0.25) is 0 Å². The van der Waals surface area contributed by atoms with Gasteiger partial charge in [0.15, 0.2) is 5.78 Å². The zero-order chi connectivity index (χ0) is 19.3. The summed E-state index contributed by atoms with van der Waals surface area (Å²) >= 11 is 0. The van der Waals surface area contributed by atoms with Crippen molar-refractivity contribution >= 4 is 28.6 Å². The minimum atomic E-state index is 0.0403. The SMILES string of the molecule is CCCc1cccc(C(=O)C=Cc2cc3ccccc3nc2N2CCCC2)c1. The molecule has 0 saturated carbocycles. The molecule has 3 nitrogen and oxygen atoms in total. The number of pyridine rings is 1. The molecule has 0 bridgehead atoms. The van der Waals surface area contributed by atoms with Crippen molar-refractivity contribution in [3.05, 3.63) is 77.4 Å². The van der Waals surface area contributed by atoms with E-state index >= 15 is 0 Å². The lowest BCUT2D eigenvalue weighted by Gasteiger charge is -2.19. The first-order valence-corrected chi connectivity index (χ1v) is 10.2. The van der Waals surface area contributed by atoms with Gasteiger partial charge in [0.25, 0.3) is 0 Å². The predicted octanol–water partition coefficient (Wildman–Crippen LogP) is 5.68. The van der Waals surface area contributed by atoms with Crippen LogP contribution in [0, 0.1) is 0 Å². The molecule has 1 fully saturated rings. The number of allylic oxidation sites excluding steroid dienone is 1. The van der Waals surface area contributed by atoms with Crippen molar-refractivity contribution in [3.63, 3.8) is 0 Å². The highest BCUT2D eigenvalue weighted by atomic mass is 16.1. The largest absolute Gasteiger partial charge is 0.356 e. The van der Waals surface area contributed by atoms with Crippen LogP contribution < -0.4 is 4.90 Å². The van der Waals surface area contributed by atoms with Crippen molar-refractivity contribution in [2.24, 2.45) is 0 Å². The first-order valence-electron chi connectivity index (χ1n) is 10.2. The Labute approximate surface area is 166 Å². The highest BCUT2D eigenvalue weighted by Crippen LogP contribution is 2.27. The first kappa shape index (κ1) is 18.4. The van der Waals surface area contributed by atoms with E-state index in [1.165, 1.54) is 18.4 Å². The second-order valence-electron chi connectivity index (χ2n) is 7.44. The van der Waals surface area contributed by atoms with E-state index in [2.05, 4.69) is 30.0 Å². The van der Waals surface area contributed by atoms with Crippen LogP contribution in [0.4, 0.5) is 5.82 Å². The molecule has 2 heterocycles. The monoisotopic (exact) mass is 370 g/mol. The van der Waals surface area contributed by atoms with Gasteiger partial charge in [0.05, 0.1) is 5.52 Å². The molecule has 0 N–H and O–H groups in total. The highest BCUT2D eigenvalue weighted by Gasteiger charge is 2.17. The maximum Gasteiger partial charge on any atom is 0.185 e. The number of para-hydroxylation sites is 1. The van der Waals surface area contributed by atoms with Crippen LogP contribution in [0.25, 0.3) is 17.0 Å². The molecule has 3 heteroatoms. The molecule has 0 atom stereocenters. The van der Waals surface area contributed by atoms with Crippen molar-refractivity contribution in [2.45, 2.75) is 32.6 Å². The average molecular weight is 370 g/mol. The summed E-state index contributed by atoms with van der Waals surface area (Å²) in [6.07, 6.45) is 8.09. The van der Waals surface area contributed by atoms with Gasteiger partial charge in [-0.05, 0) is 55.2 Å². The standard InChI is InChI=1S/C25H26N2O/c1-2-8-19-9-7-11-21(17-19)24(28)14-13-22-18-20-10-3-4-12-23(20)26-25(22)27-15-5-6-16-27/h3-4,7,9-14,17-18H,2,5-6,8,15-16H2,1H3. The summed E-state index contributed by atoms with van der Waals surface area (Å²) < 4.78 is 0. The predicted molar refractivity (Wildman–Crippen MR) is 117 cm³/mol. The normalized spacial score (nSPS) is 14.2. The summed E-state index contributed by atoms with van der Waals surface area (Å²) in [7, 11) is 0. The minimum Gasteiger partial charge on any atom is -0.356 e. The molecule has 0 aliphatic carbocycles. The Hall–Kier alpha value is -2.94. The minimum absolute atomic E-state index is 0.0403. The average Bonchev–Trinajstić information content (AvgIpc) is 3.26. The molecule has 1 aromatic heterocycles. The summed E-state index contributed by atoms with van der Waals surface area (Å²) in [6.45, 7) is 4.21. The number of fused-ring (bicyclic) bond motifs is 1. The number of anilines is 1. The summed E-state index contributed by atoms with van der Waals surface area (Å²) in [4.78, 5) is 20.0. The molecule has 0 unspecified atom stereocenters. The van der Waals surface area contributed by atoms with E-state index in [-0.39, 0.29) is 5.78 Å². The molecule has 2 aromatic carbocycles. The quantitative estimate of drug-likeness (QED) is 0.413. The summed E-state index contributed by atoms with van der Waals surface area (Å²) in [5.74, 6) is 1.03. The Morgan fingerprint density at radius 3 is 2.71 bits per heavy atom. The van der Waals surface area contributed by atoms with E-state index in [1.54, 1.807) is 6.08 Å². The number of hydrogen-bond donors (Lipinski definition) is 0. The number of aromatic nitrogens is 1. The van der Waals surface area contributed by atoms with Crippen molar-refractivity contribution in [1.82, 2.24) is 4.98 Å². The van der Waals surface area contributed by atoms with Gasteiger partial charge < -0.3 is 4.90 Å². The Kier molecular flexibility index (Phi) is 5.52. The van der Waals surface area contributed by atoms with Gasteiger partial charge in [-0.3, -0.25) is 4.79 Å². The van der Waals surface area contributed by atoms with Gasteiger partial charge in [0, 0.05) is 29.6 Å². The molecule has 1 aliphatic heterocycles. The number of nitrogens with zero attached hydrogens (tertiary/aromatic N) is 2. The second-order valence-corrected chi connectivity index (χ2v) is 7.44. The molecule has 1 aliphatic rings. The number of benzene rings is 2. The van der Waals surface area contributed by atoms with E-state index in [0.29, 0.717) is 0 Å². The molecule has 28 heavy (non-hydrogen) atoms. The van der Waals surface area contributed by atoms with Gasteiger partial charge in [-0.1, -0.05) is 49.7 Å². The molecular weight excluding hydrogens is 344 g/mol. The lowest BCUT2D eigenvalue weighted by molar-refractivity contribution is 0.104. The van der Waals surface area contributed by atoms with E-state index in [1.807, 2.05) is 42.5 Å². The Bertz CT molecular complexity index is 1020. The lowest BCUT2D eigenvalue weighted by atomic mass is 10.0. The zero-order valence-electron chi connectivity index (χ0n) is 16.4. The van der Waals surface area contributed by atoms with Crippen molar-refractivity contribution in [1.29, 1.82) is 0 Å². The Balaban J connectivity index is 1.66. The third-order valence-corrected chi connectivity index (χ3v) is 5.30. The second kappa shape index (κ2) is 8.39. The van der Waals surface area contributed by atoms with E-state index < -0.39 is 0 Å². The van der Waals surface area contributed by atoms with Crippen LogP contribution in [0.1, 0.15) is 47.7 Å². The third-order valence-electron chi connectivity index (χ3n) is 5.30. The van der Waals surface area contributed by atoms with Crippen LogP contribution in [0.15, 0.2) is 60.7 Å². The first-order chi connectivity index (χ1) is 13.7. The fourth-order valence-corrected chi connectivity index (χ4v) is 3.86. The van der Waals surface area contributed by atoms with Crippen LogP contribution in [-0.2, 0) is 6.42 Å². The van der Waals surface area contributed by atoms with Gasteiger partial charge in [0.1, 0.15) is 5.82 Å². The Morgan fingerprint density at radius 2 is 1.89 bits per heavy atom. The van der Waals surface area contributed by atoms with E-state index in [9.17, 15) is 4.79 Å². The number of rotatable bonds is 6. The molecule has 0 spiro atoms. The molecule has 1 saturated heterocycles. The molecule has 3 aromatic rings. The fraction of sp³-hybridized carbons (Fsp3) is 0.280. The van der Waals surface area contributed by atoms with Gasteiger partial charge in [-0.2, -0.15) is 0 Å². The Morgan fingerprint density at radius 1 is 1.07 bits per heavy atom. The van der Waals surface area contributed by atoms with E-state index in [0.717, 1.165) is 53.8 Å². The smallest absolute Gasteiger partial charge is 0.185 e. The number of aryl methyl sites for hydroxylation is 1. The van der Waals surface area contributed by atoms with Gasteiger partial charge in [-0.15, -0.1) is 0 Å². The third kappa shape index (κ3) is 3.99. The van der Waals surface area contributed by atoms with Gasteiger partial charge in [0.2, 0.25) is 0 Å².